The monoisotopic (exact) mass is 207 g/mol. The van der Waals surface area contributed by atoms with Crippen molar-refractivity contribution >= 4 is 16.9 Å². The summed E-state index contributed by atoms with van der Waals surface area (Å²) in [6.45, 7) is 7.78. The van der Waals surface area contributed by atoms with Crippen molar-refractivity contribution in [2.75, 3.05) is 0 Å². The van der Waals surface area contributed by atoms with Gasteiger partial charge in [0, 0.05) is 5.57 Å². The van der Waals surface area contributed by atoms with Crippen LogP contribution in [0.5, 0.6) is 0 Å². The maximum Gasteiger partial charge on any atom is 0.259 e. The van der Waals surface area contributed by atoms with E-state index in [1.807, 2.05) is 0 Å². The molecule has 5 nitrogen and oxygen atoms in total. The first kappa shape index (κ1) is 12.1. The molecular formula is C7H13NO4S. The van der Waals surface area contributed by atoms with Crippen molar-refractivity contribution in [3.63, 3.8) is 0 Å². The van der Waals surface area contributed by atoms with Crippen LogP contribution in [0.2, 0.25) is 0 Å². The fraction of sp³-hybridized carbons (Fsp3) is 0.571. The normalized spacial score (nSPS) is 11.4. The van der Waals surface area contributed by atoms with Gasteiger partial charge in [0.25, 0.3) is 11.0 Å². The molecule has 1 N–H and O–H groups in total. The molecule has 0 aliphatic rings. The molecule has 0 saturated carbocycles. The van der Waals surface area contributed by atoms with Crippen LogP contribution in [0.1, 0.15) is 20.8 Å². The molecule has 0 aliphatic carbocycles. The summed E-state index contributed by atoms with van der Waals surface area (Å²) >= 11 is 0. The van der Waals surface area contributed by atoms with Crippen molar-refractivity contribution in [1.29, 1.82) is 0 Å². The lowest BCUT2D eigenvalue weighted by molar-refractivity contribution is -0.121. The first-order chi connectivity index (χ1) is 5.74. The lowest BCUT2D eigenvalue weighted by Gasteiger charge is -2.22. The van der Waals surface area contributed by atoms with E-state index in [1.54, 1.807) is 0 Å². The van der Waals surface area contributed by atoms with Gasteiger partial charge in [-0.2, -0.15) is 0 Å². The van der Waals surface area contributed by atoms with Gasteiger partial charge in [-0.1, -0.05) is 6.58 Å². The second-order valence-corrected chi connectivity index (χ2v) is 3.69. The van der Waals surface area contributed by atoms with Gasteiger partial charge in [0.2, 0.25) is 5.91 Å². The van der Waals surface area contributed by atoms with Gasteiger partial charge in [0.15, 0.2) is 5.72 Å². The third kappa shape index (κ3) is 5.37. The fourth-order valence-corrected chi connectivity index (χ4v) is 1.01. The van der Waals surface area contributed by atoms with E-state index in [0.717, 1.165) is 0 Å². The van der Waals surface area contributed by atoms with Crippen molar-refractivity contribution in [3.8, 4) is 0 Å². The predicted octanol–water partition coefficient (Wildman–Crippen LogP) is -0.0422. The lowest BCUT2D eigenvalue weighted by atomic mass is 10.2. The fourth-order valence-electron chi connectivity index (χ4n) is 0.589. The second-order valence-electron chi connectivity index (χ2n) is 3.06. The molecule has 0 rings (SSSR count). The first-order valence-corrected chi connectivity index (χ1v) is 4.65. The highest BCUT2D eigenvalue weighted by atomic mass is 32.2. The number of thiol groups is 1. The highest BCUT2D eigenvalue weighted by Gasteiger charge is 2.22. The molecule has 0 bridgehead atoms. The molecule has 0 saturated heterocycles. The van der Waals surface area contributed by atoms with Crippen molar-refractivity contribution in [2.24, 2.45) is 0 Å². The third-order valence-corrected chi connectivity index (χ3v) is 1.71. The minimum absolute atomic E-state index is 0.290. The maximum absolute atomic E-state index is 11.1. The number of nitrogens with one attached hydrogen (secondary N) is 1. The van der Waals surface area contributed by atoms with E-state index in [0.29, 0.717) is 0 Å². The van der Waals surface area contributed by atoms with Crippen LogP contribution in [0.25, 0.3) is 0 Å². The van der Waals surface area contributed by atoms with Crippen LogP contribution in [-0.2, 0) is 20.0 Å². The van der Waals surface area contributed by atoms with Gasteiger partial charge in [-0.3, -0.25) is 4.79 Å². The van der Waals surface area contributed by atoms with Gasteiger partial charge in [0.05, 0.1) is 0 Å². The van der Waals surface area contributed by atoms with E-state index in [-0.39, 0.29) is 5.57 Å². The van der Waals surface area contributed by atoms with Gasteiger partial charge in [0.1, 0.15) is 0 Å². The topological polar surface area (TPSA) is 72.5 Å². The Hall–Kier alpha value is -0.880. The Morgan fingerprint density at radius 3 is 2.23 bits per heavy atom. The Kier molecular flexibility index (Phi) is 4.09. The van der Waals surface area contributed by atoms with Gasteiger partial charge in [-0.25, -0.2) is 12.6 Å². The summed E-state index contributed by atoms with van der Waals surface area (Å²) in [7, 11) is -2.98. The molecular weight excluding hydrogens is 194 g/mol. The summed E-state index contributed by atoms with van der Waals surface area (Å²) in [4.78, 5) is 11.1. The minimum atomic E-state index is -2.98. The average molecular weight is 207 g/mol. The van der Waals surface area contributed by atoms with E-state index in [2.05, 4.69) is 16.1 Å². The highest BCUT2D eigenvalue weighted by molar-refractivity contribution is 7.67. The lowest BCUT2D eigenvalue weighted by Crippen LogP contribution is -2.45. The van der Waals surface area contributed by atoms with Crippen LogP contribution < -0.4 is 5.32 Å². The van der Waals surface area contributed by atoms with Crippen LogP contribution in [-0.4, -0.2) is 20.0 Å². The number of carbonyl (C=O) groups is 1. The average Bonchev–Trinajstić information content (AvgIpc) is 1.81. The van der Waals surface area contributed by atoms with E-state index < -0.39 is 22.6 Å². The highest BCUT2D eigenvalue weighted by Crippen LogP contribution is 2.05. The molecule has 6 heteroatoms. The molecule has 1 amide bonds. The van der Waals surface area contributed by atoms with Crippen molar-refractivity contribution in [1.82, 2.24) is 5.32 Å². The van der Waals surface area contributed by atoms with Crippen molar-refractivity contribution in [2.45, 2.75) is 26.5 Å². The van der Waals surface area contributed by atoms with Crippen LogP contribution in [0.3, 0.4) is 0 Å². The zero-order valence-corrected chi connectivity index (χ0v) is 8.68. The van der Waals surface area contributed by atoms with Gasteiger partial charge in [-0.15, -0.1) is 0 Å². The number of amides is 1. The molecule has 0 unspecified atom stereocenters. The Morgan fingerprint density at radius 1 is 1.46 bits per heavy atom. The number of hydrogen-bond acceptors (Lipinski definition) is 4. The minimum Gasteiger partial charge on any atom is -0.324 e. The summed E-state index contributed by atoms with van der Waals surface area (Å²) in [6, 6.07) is 0. The van der Waals surface area contributed by atoms with Crippen molar-refractivity contribution < 1.29 is 17.4 Å². The largest absolute Gasteiger partial charge is 0.324 e. The molecule has 0 aliphatic heterocycles. The van der Waals surface area contributed by atoms with Crippen molar-refractivity contribution in [3.05, 3.63) is 12.2 Å². The molecule has 0 atom stereocenters. The SMILES string of the molecule is C=C(C)C(=O)NC(C)(C)O[SH](=O)=O. The summed E-state index contributed by atoms with van der Waals surface area (Å²) in [6.07, 6.45) is 0. The van der Waals surface area contributed by atoms with Crippen LogP contribution in [0.4, 0.5) is 0 Å². The summed E-state index contributed by atoms with van der Waals surface area (Å²) in [5.74, 6) is -0.443. The standard InChI is InChI=1S/C7H13NO4S/c1-5(2)6(9)8-7(3,4)12-13(10)11/h13H,1H2,2-4H3,(H,8,9). The predicted molar refractivity (Wildman–Crippen MR) is 48.4 cm³/mol. The Balaban J connectivity index is 4.33. The number of hydrogen-bond donors (Lipinski definition) is 2. The zero-order chi connectivity index (χ0) is 10.6. The quantitative estimate of drug-likeness (QED) is 0.385. The van der Waals surface area contributed by atoms with Crippen LogP contribution in [0, 0.1) is 0 Å². The molecule has 0 aromatic rings. The summed E-state index contributed by atoms with van der Waals surface area (Å²) in [5.41, 5.74) is -0.941. The van der Waals surface area contributed by atoms with E-state index >= 15 is 0 Å². The summed E-state index contributed by atoms with van der Waals surface area (Å²) < 4.78 is 24.9. The second kappa shape index (κ2) is 4.38. The van der Waals surface area contributed by atoms with E-state index in [1.165, 1.54) is 20.8 Å². The Morgan fingerprint density at radius 2 is 1.92 bits per heavy atom. The van der Waals surface area contributed by atoms with E-state index in [9.17, 15) is 13.2 Å². The number of carbonyl (C=O) groups excluding carboxylic acids is 1. The smallest absolute Gasteiger partial charge is 0.259 e. The van der Waals surface area contributed by atoms with Crippen LogP contribution in [0.15, 0.2) is 12.2 Å². The summed E-state index contributed by atoms with van der Waals surface area (Å²) in [5, 5.41) is 2.34. The molecule has 0 aromatic heterocycles. The van der Waals surface area contributed by atoms with Crippen LogP contribution >= 0.6 is 0 Å². The van der Waals surface area contributed by atoms with Gasteiger partial charge >= 0.3 is 0 Å². The third-order valence-electron chi connectivity index (χ3n) is 1.10. The maximum atomic E-state index is 11.1. The molecule has 0 aromatic carbocycles. The molecule has 13 heavy (non-hydrogen) atoms. The van der Waals surface area contributed by atoms with E-state index in [4.69, 9.17) is 0 Å². The Labute approximate surface area is 78.9 Å². The Bertz CT molecular complexity index is 285. The van der Waals surface area contributed by atoms with Gasteiger partial charge in [-0.05, 0) is 20.8 Å². The van der Waals surface area contributed by atoms with Gasteiger partial charge < -0.3 is 5.32 Å². The molecule has 0 radical (unpaired) electrons. The molecule has 0 fully saturated rings. The molecule has 0 spiro atoms. The molecule has 76 valence electrons. The number of rotatable bonds is 4. The first-order valence-electron chi connectivity index (χ1n) is 3.56. The molecule has 0 heterocycles. The zero-order valence-electron chi connectivity index (χ0n) is 7.79.